The molecule has 0 saturated heterocycles. The quantitative estimate of drug-likeness (QED) is 0.855. The van der Waals surface area contributed by atoms with E-state index in [0.717, 1.165) is 0 Å². The number of benzene rings is 1. The van der Waals surface area contributed by atoms with E-state index in [2.05, 4.69) is 0 Å². The number of rotatable bonds is 5. The Labute approximate surface area is 99.6 Å². The lowest BCUT2D eigenvalue weighted by Gasteiger charge is -2.23. The van der Waals surface area contributed by atoms with Gasteiger partial charge in [0.15, 0.2) is 11.6 Å². The maximum absolute atomic E-state index is 13.5. The zero-order valence-electron chi connectivity index (χ0n) is 10.1. The van der Waals surface area contributed by atoms with E-state index in [1.165, 1.54) is 19.2 Å². The van der Waals surface area contributed by atoms with E-state index >= 15 is 0 Å². The molecular weight excluding hydrogens is 225 g/mol. The first-order valence-electron chi connectivity index (χ1n) is 5.21. The van der Waals surface area contributed by atoms with Gasteiger partial charge in [0.25, 0.3) is 0 Å². The van der Waals surface area contributed by atoms with Crippen LogP contribution < -0.4 is 4.74 Å². The van der Waals surface area contributed by atoms with Gasteiger partial charge in [0.2, 0.25) is 0 Å². The molecule has 5 heteroatoms. The van der Waals surface area contributed by atoms with Crippen LogP contribution in [0.2, 0.25) is 0 Å². The normalized spacial score (nSPS) is 12.5. The number of likely N-dealkylation sites (N-methyl/N-ethyl adjacent to an activating group) is 1. The number of ether oxygens (including phenoxy) is 1. The lowest BCUT2D eigenvalue weighted by Crippen LogP contribution is -2.28. The van der Waals surface area contributed by atoms with E-state index in [9.17, 15) is 9.18 Å². The van der Waals surface area contributed by atoms with Crippen LogP contribution in [0.1, 0.15) is 18.5 Å². The van der Waals surface area contributed by atoms with Gasteiger partial charge >= 0.3 is 5.97 Å². The van der Waals surface area contributed by atoms with E-state index < -0.39 is 11.8 Å². The van der Waals surface area contributed by atoms with Crippen molar-refractivity contribution in [2.24, 2.45) is 0 Å². The molecule has 0 aliphatic heterocycles. The number of hydrogen-bond donors (Lipinski definition) is 1. The molecule has 1 rings (SSSR count). The van der Waals surface area contributed by atoms with E-state index in [0.29, 0.717) is 5.56 Å². The minimum absolute atomic E-state index is 0.0885. The first-order chi connectivity index (χ1) is 7.95. The summed E-state index contributed by atoms with van der Waals surface area (Å²) in [6, 6.07) is 4.45. The number of carboxylic acids is 1. The third kappa shape index (κ3) is 3.42. The summed E-state index contributed by atoms with van der Waals surface area (Å²) in [7, 11) is 3.08. The van der Waals surface area contributed by atoms with E-state index in [1.54, 1.807) is 18.0 Å². The fourth-order valence-electron chi connectivity index (χ4n) is 1.55. The fraction of sp³-hybridized carbons (Fsp3) is 0.417. The average Bonchev–Trinajstić information content (AvgIpc) is 2.27. The predicted molar refractivity (Wildman–Crippen MR) is 61.6 cm³/mol. The molecule has 0 saturated carbocycles. The summed E-state index contributed by atoms with van der Waals surface area (Å²) in [5, 5.41) is 8.68. The van der Waals surface area contributed by atoms with Gasteiger partial charge in [-0.2, -0.15) is 0 Å². The molecule has 1 N–H and O–H groups in total. The Morgan fingerprint density at radius 3 is 2.71 bits per heavy atom. The Morgan fingerprint density at radius 2 is 2.24 bits per heavy atom. The SMILES string of the molecule is COc1ccc(C(C)N(C)CC(=O)O)cc1F. The van der Waals surface area contributed by atoms with Crippen molar-refractivity contribution in [3.8, 4) is 5.75 Å². The third-order valence-electron chi connectivity index (χ3n) is 2.70. The lowest BCUT2D eigenvalue weighted by atomic mass is 10.1. The highest BCUT2D eigenvalue weighted by Crippen LogP contribution is 2.24. The molecule has 0 spiro atoms. The maximum Gasteiger partial charge on any atom is 0.317 e. The summed E-state index contributed by atoms with van der Waals surface area (Å²) in [6.45, 7) is 1.74. The Bertz CT molecular complexity index is 409. The summed E-state index contributed by atoms with van der Waals surface area (Å²) in [6.07, 6.45) is 0. The first kappa shape index (κ1) is 13.4. The summed E-state index contributed by atoms with van der Waals surface area (Å²) in [5.41, 5.74) is 0.715. The highest BCUT2D eigenvalue weighted by molar-refractivity contribution is 5.69. The second kappa shape index (κ2) is 5.63. The molecular formula is C12H16FNO3. The minimum Gasteiger partial charge on any atom is -0.494 e. The largest absolute Gasteiger partial charge is 0.494 e. The van der Waals surface area contributed by atoms with E-state index in [-0.39, 0.29) is 18.3 Å². The smallest absolute Gasteiger partial charge is 0.317 e. The highest BCUT2D eigenvalue weighted by Gasteiger charge is 2.15. The second-order valence-corrected chi connectivity index (χ2v) is 3.88. The standard InChI is InChI=1S/C12H16FNO3/c1-8(14(2)7-12(15)16)9-4-5-11(17-3)10(13)6-9/h4-6,8H,7H2,1-3H3,(H,15,16). The monoisotopic (exact) mass is 241 g/mol. The van der Waals surface area contributed by atoms with Crippen molar-refractivity contribution >= 4 is 5.97 Å². The molecule has 1 unspecified atom stereocenters. The zero-order valence-corrected chi connectivity index (χ0v) is 10.1. The Balaban J connectivity index is 2.85. The number of carboxylic acid groups (broad SMARTS) is 1. The highest BCUT2D eigenvalue weighted by atomic mass is 19.1. The molecule has 17 heavy (non-hydrogen) atoms. The molecule has 0 aromatic heterocycles. The van der Waals surface area contributed by atoms with Gasteiger partial charge in [-0.3, -0.25) is 9.69 Å². The van der Waals surface area contributed by atoms with Crippen molar-refractivity contribution in [2.75, 3.05) is 20.7 Å². The maximum atomic E-state index is 13.5. The molecule has 1 aromatic rings. The third-order valence-corrected chi connectivity index (χ3v) is 2.70. The average molecular weight is 241 g/mol. The molecule has 0 bridgehead atoms. The number of halogens is 1. The lowest BCUT2D eigenvalue weighted by molar-refractivity contribution is -0.138. The van der Waals surface area contributed by atoms with Gasteiger partial charge in [-0.1, -0.05) is 6.07 Å². The van der Waals surface area contributed by atoms with Crippen LogP contribution in [0.5, 0.6) is 5.75 Å². The van der Waals surface area contributed by atoms with Gasteiger partial charge in [-0.05, 0) is 31.7 Å². The van der Waals surface area contributed by atoms with Crippen molar-refractivity contribution in [3.05, 3.63) is 29.6 Å². The van der Waals surface area contributed by atoms with Gasteiger partial charge in [0.1, 0.15) is 0 Å². The molecule has 0 aliphatic carbocycles. The Morgan fingerprint density at radius 1 is 1.59 bits per heavy atom. The zero-order chi connectivity index (χ0) is 13.0. The number of methoxy groups -OCH3 is 1. The molecule has 0 radical (unpaired) electrons. The molecule has 4 nitrogen and oxygen atoms in total. The minimum atomic E-state index is -0.909. The van der Waals surface area contributed by atoms with Crippen LogP contribution in [0.3, 0.4) is 0 Å². The van der Waals surface area contributed by atoms with Crippen molar-refractivity contribution in [1.29, 1.82) is 0 Å². The molecule has 0 fully saturated rings. The summed E-state index contributed by atoms with van der Waals surface area (Å²) in [4.78, 5) is 12.2. The Kier molecular flexibility index (Phi) is 4.45. The number of carbonyl (C=O) groups is 1. The first-order valence-corrected chi connectivity index (χ1v) is 5.21. The number of hydrogen-bond acceptors (Lipinski definition) is 3. The van der Waals surface area contributed by atoms with Gasteiger partial charge in [0.05, 0.1) is 13.7 Å². The van der Waals surface area contributed by atoms with Crippen molar-refractivity contribution < 1.29 is 19.0 Å². The van der Waals surface area contributed by atoms with Crippen molar-refractivity contribution in [2.45, 2.75) is 13.0 Å². The molecule has 0 aliphatic rings. The van der Waals surface area contributed by atoms with Crippen molar-refractivity contribution in [1.82, 2.24) is 4.90 Å². The predicted octanol–water partition coefficient (Wildman–Crippen LogP) is 1.91. The van der Waals surface area contributed by atoms with Crippen LogP contribution in [0, 0.1) is 5.82 Å². The topological polar surface area (TPSA) is 49.8 Å². The van der Waals surface area contributed by atoms with Crippen LogP contribution >= 0.6 is 0 Å². The Hall–Kier alpha value is -1.62. The summed E-state index contributed by atoms with van der Waals surface area (Å²) >= 11 is 0. The molecule has 1 atom stereocenters. The summed E-state index contributed by atoms with van der Waals surface area (Å²) < 4.78 is 18.3. The molecule has 0 heterocycles. The van der Waals surface area contributed by atoms with E-state index in [1.807, 2.05) is 6.92 Å². The number of nitrogens with zero attached hydrogens (tertiary/aromatic N) is 1. The van der Waals surface area contributed by atoms with Crippen LogP contribution in [-0.4, -0.2) is 36.7 Å². The van der Waals surface area contributed by atoms with Crippen LogP contribution in [-0.2, 0) is 4.79 Å². The van der Waals surface area contributed by atoms with Crippen LogP contribution in [0.15, 0.2) is 18.2 Å². The molecule has 94 valence electrons. The van der Waals surface area contributed by atoms with Gasteiger partial charge in [-0.15, -0.1) is 0 Å². The van der Waals surface area contributed by atoms with Crippen molar-refractivity contribution in [3.63, 3.8) is 0 Å². The van der Waals surface area contributed by atoms with Crippen LogP contribution in [0.25, 0.3) is 0 Å². The molecule has 1 aromatic carbocycles. The van der Waals surface area contributed by atoms with Gasteiger partial charge in [-0.25, -0.2) is 4.39 Å². The van der Waals surface area contributed by atoms with Crippen LogP contribution in [0.4, 0.5) is 4.39 Å². The summed E-state index contributed by atoms with van der Waals surface area (Å²) in [5.74, 6) is -1.17. The molecule has 0 amide bonds. The van der Waals surface area contributed by atoms with E-state index in [4.69, 9.17) is 9.84 Å². The van der Waals surface area contributed by atoms with Gasteiger partial charge < -0.3 is 9.84 Å². The number of aliphatic carboxylic acids is 1. The fourth-order valence-corrected chi connectivity index (χ4v) is 1.55. The van der Waals surface area contributed by atoms with Gasteiger partial charge in [0, 0.05) is 6.04 Å². The second-order valence-electron chi connectivity index (χ2n) is 3.88.